The Morgan fingerprint density at radius 1 is 1.07 bits per heavy atom. The van der Waals surface area contributed by atoms with Gasteiger partial charge in [-0.15, -0.1) is 11.3 Å². The van der Waals surface area contributed by atoms with Gasteiger partial charge < -0.3 is 4.74 Å². The highest BCUT2D eigenvalue weighted by atomic mass is 79.9. The van der Waals surface area contributed by atoms with E-state index in [-0.39, 0.29) is 11.9 Å². The monoisotopic (exact) mass is 506 g/mol. The number of ether oxygens (including phenoxy) is 1. The zero-order valence-electron chi connectivity index (χ0n) is 13.9. The second kappa shape index (κ2) is 6.72. The zero-order chi connectivity index (χ0) is 18.5. The van der Waals surface area contributed by atoms with Crippen molar-refractivity contribution < 1.29 is 9.13 Å². The fourth-order valence-electron chi connectivity index (χ4n) is 3.56. The molecule has 3 aromatic rings. The van der Waals surface area contributed by atoms with Crippen LogP contribution in [0.5, 0.6) is 5.75 Å². The smallest absolute Gasteiger partial charge is 0.216 e. The van der Waals surface area contributed by atoms with Crippen molar-refractivity contribution in [2.45, 2.75) is 18.7 Å². The number of hydrogen-bond donors (Lipinski definition) is 0. The number of hydrogen-bond acceptors (Lipinski definition) is 4. The van der Waals surface area contributed by atoms with Crippen molar-refractivity contribution in [2.24, 2.45) is 5.10 Å². The van der Waals surface area contributed by atoms with E-state index in [4.69, 9.17) is 9.84 Å². The first kappa shape index (κ1) is 17.4. The summed E-state index contributed by atoms with van der Waals surface area (Å²) >= 11 is 8.72. The average Bonchev–Trinajstić information content (AvgIpc) is 3.28. The van der Waals surface area contributed by atoms with E-state index in [2.05, 4.69) is 44.0 Å². The van der Waals surface area contributed by atoms with Crippen LogP contribution in [0.3, 0.4) is 0 Å². The Morgan fingerprint density at radius 2 is 1.93 bits per heavy atom. The van der Waals surface area contributed by atoms with E-state index in [1.807, 2.05) is 29.3 Å². The SMILES string of the molecule is Fc1ccccc1[C@H]1Oc2ccc(Br)cc2[C@@H]2CC(c3ccc(Br)s3)=NN12. The second-order valence-electron chi connectivity index (χ2n) is 6.42. The van der Waals surface area contributed by atoms with Gasteiger partial charge in [0, 0.05) is 16.5 Å². The third kappa shape index (κ3) is 3.02. The summed E-state index contributed by atoms with van der Waals surface area (Å²) in [5, 5.41) is 6.75. The standard InChI is InChI=1S/C20H13Br2FN2OS/c21-11-5-6-17-13(9-11)16-10-15(18-7-8-19(22)27-18)24-25(16)20(26-17)12-3-1-2-4-14(12)23/h1-9,16,20H,10H2/t16-,20+/m0/s1. The molecule has 2 atom stereocenters. The highest BCUT2D eigenvalue weighted by Crippen LogP contribution is 2.48. The van der Waals surface area contributed by atoms with Gasteiger partial charge in [-0.3, -0.25) is 0 Å². The van der Waals surface area contributed by atoms with Crippen molar-refractivity contribution in [2.75, 3.05) is 0 Å². The second-order valence-corrected chi connectivity index (χ2v) is 9.80. The van der Waals surface area contributed by atoms with Crippen LogP contribution in [-0.4, -0.2) is 10.7 Å². The largest absolute Gasteiger partial charge is 0.464 e. The quantitative estimate of drug-likeness (QED) is 0.387. The number of thiophene rings is 1. The topological polar surface area (TPSA) is 24.8 Å². The molecular weight excluding hydrogens is 495 g/mol. The molecule has 1 aromatic heterocycles. The highest BCUT2D eigenvalue weighted by Gasteiger charge is 2.42. The van der Waals surface area contributed by atoms with Gasteiger partial charge in [-0.25, -0.2) is 9.40 Å². The number of halogens is 3. The van der Waals surface area contributed by atoms with E-state index in [0.29, 0.717) is 5.56 Å². The van der Waals surface area contributed by atoms with Crippen LogP contribution >= 0.6 is 43.2 Å². The molecule has 3 heterocycles. The van der Waals surface area contributed by atoms with Crippen molar-refractivity contribution >= 4 is 48.9 Å². The lowest BCUT2D eigenvalue weighted by Crippen LogP contribution is -2.34. The Morgan fingerprint density at radius 3 is 2.70 bits per heavy atom. The van der Waals surface area contributed by atoms with Gasteiger partial charge >= 0.3 is 0 Å². The van der Waals surface area contributed by atoms with Crippen LogP contribution in [-0.2, 0) is 0 Å². The summed E-state index contributed by atoms with van der Waals surface area (Å²) < 4.78 is 22.8. The van der Waals surface area contributed by atoms with Crippen LogP contribution in [0.1, 0.15) is 34.7 Å². The minimum Gasteiger partial charge on any atom is -0.464 e. The van der Waals surface area contributed by atoms with Gasteiger partial charge in [0.2, 0.25) is 6.23 Å². The zero-order valence-corrected chi connectivity index (χ0v) is 17.9. The third-order valence-electron chi connectivity index (χ3n) is 4.78. The molecule has 0 unspecified atom stereocenters. The number of nitrogens with zero attached hydrogens (tertiary/aromatic N) is 2. The summed E-state index contributed by atoms with van der Waals surface area (Å²) in [6, 6.07) is 16.8. The van der Waals surface area contributed by atoms with Crippen LogP contribution < -0.4 is 4.74 Å². The summed E-state index contributed by atoms with van der Waals surface area (Å²) in [6.07, 6.45) is 0.163. The lowest BCUT2D eigenvalue weighted by molar-refractivity contribution is -0.0212. The fraction of sp³-hybridized carbons (Fsp3) is 0.150. The van der Waals surface area contributed by atoms with Gasteiger partial charge in [0.05, 0.1) is 26.0 Å². The molecule has 2 aliphatic rings. The van der Waals surface area contributed by atoms with Crippen molar-refractivity contribution in [3.8, 4) is 5.75 Å². The first-order valence-electron chi connectivity index (χ1n) is 8.42. The molecule has 0 aliphatic carbocycles. The summed E-state index contributed by atoms with van der Waals surface area (Å²) in [5.74, 6) is 0.487. The normalized spacial score (nSPS) is 20.7. The van der Waals surface area contributed by atoms with Crippen molar-refractivity contribution in [3.05, 3.63) is 84.7 Å². The third-order valence-corrected chi connectivity index (χ3v) is 6.95. The van der Waals surface area contributed by atoms with Crippen molar-refractivity contribution in [3.63, 3.8) is 0 Å². The predicted octanol–water partition coefficient (Wildman–Crippen LogP) is 6.65. The fourth-order valence-corrected chi connectivity index (χ4v) is 5.32. The Bertz CT molecular complexity index is 1070. The molecule has 0 bridgehead atoms. The van der Waals surface area contributed by atoms with Crippen molar-refractivity contribution in [1.29, 1.82) is 0 Å². The molecule has 0 radical (unpaired) electrons. The summed E-state index contributed by atoms with van der Waals surface area (Å²) in [4.78, 5) is 1.11. The van der Waals surface area contributed by atoms with E-state index in [9.17, 15) is 4.39 Å². The summed E-state index contributed by atoms with van der Waals surface area (Å²) in [5.41, 5.74) is 2.55. The van der Waals surface area contributed by atoms with Gasteiger partial charge in [0.25, 0.3) is 0 Å². The maximum atomic E-state index is 14.5. The molecule has 0 saturated carbocycles. The molecule has 27 heavy (non-hydrogen) atoms. The molecule has 0 amide bonds. The molecule has 2 aliphatic heterocycles. The summed E-state index contributed by atoms with van der Waals surface area (Å²) in [6.45, 7) is 0. The van der Waals surface area contributed by atoms with E-state index in [0.717, 1.165) is 36.6 Å². The van der Waals surface area contributed by atoms with Gasteiger partial charge in [0.15, 0.2) is 0 Å². The van der Waals surface area contributed by atoms with Gasteiger partial charge in [-0.2, -0.15) is 5.10 Å². The molecule has 3 nitrogen and oxygen atoms in total. The molecule has 5 rings (SSSR count). The molecule has 2 aromatic carbocycles. The van der Waals surface area contributed by atoms with E-state index in [1.54, 1.807) is 23.5 Å². The minimum atomic E-state index is -0.592. The molecule has 0 N–H and O–H groups in total. The first-order valence-corrected chi connectivity index (χ1v) is 10.8. The summed E-state index contributed by atoms with van der Waals surface area (Å²) in [7, 11) is 0. The van der Waals surface area contributed by atoms with E-state index < -0.39 is 6.23 Å². The molecule has 7 heteroatoms. The first-order chi connectivity index (χ1) is 13.1. The minimum absolute atomic E-state index is 0.00623. The van der Waals surface area contributed by atoms with E-state index >= 15 is 0 Å². The molecule has 0 spiro atoms. The number of benzene rings is 2. The van der Waals surface area contributed by atoms with Crippen molar-refractivity contribution in [1.82, 2.24) is 5.01 Å². The van der Waals surface area contributed by atoms with Crippen LogP contribution in [0, 0.1) is 5.82 Å². The average molecular weight is 508 g/mol. The van der Waals surface area contributed by atoms with Gasteiger partial charge in [-0.1, -0.05) is 34.1 Å². The van der Waals surface area contributed by atoms with E-state index in [1.165, 1.54) is 6.07 Å². The lowest BCUT2D eigenvalue weighted by atomic mass is 9.97. The highest BCUT2D eigenvalue weighted by molar-refractivity contribution is 9.11. The Hall–Kier alpha value is -1.70. The molecular formula is C20H13Br2FN2OS. The lowest BCUT2D eigenvalue weighted by Gasteiger charge is -2.38. The maximum absolute atomic E-state index is 14.5. The Kier molecular flexibility index (Phi) is 4.33. The van der Waals surface area contributed by atoms with Crippen LogP contribution in [0.25, 0.3) is 0 Å². The Balaban J connectivity index is 1.63. The molecule has 136 valence electrons. The van der Waals surface area contributed by atoms with Crippen LogP contribution in [0.2, 0.25) is 0 Å². The number of hydrazone groups is 1. The maximum Gasteiger partial charge on any atom is 0.216 e. The predicted molar refractivity (Wildman–Crippen MR) is 112 cm³/mol. The van der Waals surface area contributed by atoms with Gasteiger partial charge in [-0.05, 0) is 52.3 Å². The Labute approximate surface area is 176 Å². The molecule has 0 fully saturated rings. The number of fused-ring (bicyclic) bond motifs is 3. The van der Waals surface area contributed by atoms with Crippen LogP contribution in [0.4, 0.5) is 4.39 Å². The number of rotatable bonds is 2. The van der Waals surface area contributed by atoms with Gasteiger partial charge in [0.1, 0.15) is 11.6 Å². The van der Waals surface area contributed by atoms with Crippen LogP contribution in [0.15, 0.2) is 68.0 Å². The molecule has 0 saturated heterocycles.